The molecule has 0 aliphatic rings. The fourth-order valence-corrected chi connectivity index (χ4v) is 5.44. The number of nitrogens with two attached hydrogens (primary N) is 1. The van der Waals surface area contributed by atoms with E-state index in [1.54, 1.807) is 0 Å². The zero-order valence-electron chi connectivity index (χ0n) is 11.6. The van der Waals surface area contributed by atoms with E-state index in [1.165, 1.54) is 0 Å². The van der Waals surface area contributed by atoms with Crippen molar-refractivity contribution in [3.05, 3.63) is 0 Å². The molecule has 0 heterocycles. The van der Waals surface area contributed by atoms with E-state index in [2.05, 4.69) is 0 Å². The SMILES string of the molecule is CC(C)P(C(C)C)[C@](O)(OCCC#N)[C@H](O)CN. The van der Waals surface area contributed by atoms with Gasteiger partial charge in [0.15, 0.2) is 0 Å². The van der Waals surface area contributed by atoms with E-state index in [9.17, 15) is 10.2 Å². The molecule has 18 heavy (non-hydrogen) atoms. The van der Waals surface area contributed by atoms with Crippen LogP contribution in [0.25, 0.3) is 0 Å². The van der Waals surface area contributed by atoms with Gasteiger partial charge in [0, 0.05) is 6.54 Å². The fraction of sp³-hybridized carbons (Fsp3) is 0.917. The van der Waals surface area contributed by atoms with Gasteiger partial charge in [-0.05, 0) is 19.2 Å². The van der Waals surface area contributed by atoms with E-state index < -0.39 is 19.6 Å². The van der Waals surface area contributed by atoms with Gasteiger partial charge < -0.3 is 20.7 Å². The summed E-state index contributed by atoms with van der Waals surface area (Å²) in [4.78, 5) is 0. The minimum Gasteiger partial charge on any atom is -0.386 e. The monoisotopic (exact) mass is 276 g/mol. The van der Waals surface area contributed by atoms with Crippen molar-refractivity contribution in [3.8, 4) is 6.07 Å². The van der Waals surface area contributed by atoms with Gasteiger partial charge in [0.2, 0.25) is 5.53 Å². The van der Waals surface area contributed by atoms with Gasteiger partial charge in [-0.15, -0.1) is 0 Å². The normalized spacial score (nSPS) is 16.9. The van der Waals surface area contributed by atoms with E-state index in [1.807, 2.05) is 33.8 Å². The average Bonchev–Trinajstić information content (AvgIpc) is 2.27. The highest BCUT2D eigenvalue weighted by Crippen LogP contribution is 2.57. The molecule has 0 aromatic carbocycles. The molecule has 0 fully saturated rings. The molecule has 0 saturated heterocycles. The molecule has 4 N–H and O–H groups in total. The molecule has 0 unspecified atom stereocenters. The number of aliphatic hydroxyl groups is 2. The summed E-state index contributed by atoms with van der Waals surface area (Å²) in [5, 5.41) is 29.2. The first kappa shape index (κ1) is 17.8. The summed E-state index contributed by atoms with van der Waals surface area (Å²) in [6.07, 6.45) is -0.953. The Balaban J connectivity index is 5.10. The van der Waals surface area contributed by atoms with Gasteiger partial charge in [-0.1, -0.05) is 27.7 Å². The number of nitrogens with zero attached hydrogens (tertiary/aromatic N) is 1. The lowest BCUT2D eigenvalue weighted by atomic mass is 10.3. The molecule has 2 atom stereocenters. The zero-order valence-corrected chi connectivity index (χ0v) is 12.5. The van der Waals surface area contributed by atoms with Crippen molar-refractivity contribution in [2.24, 2.45) is 5.73 Å². The molecule has 0 amide bonds. The van der Waals surface area contributed by atoms with Crippen LogP contribution < -0.4 is 5.73 Å². The minimum atomic E-state index is -1.64. The third-order valence-electron chi connectivity index (χ3n) is 2.67. The molecule has 0 radical (unpaired) electrons. The molecule has 6 heteroatoms. The molecule has 0 aromatic rings. The maximum Gasteiger partial charge on any atom is 0.212 e. The molecule has 0 aliphatic heterocycles. The Hall–Kier alpha value is -0.240. The van der Waals surface area contributed by atoms with Crippen LogP contribution in [0, 0.1) is 11.3 Å². The summed E-state index contributed by atoms with van der Waals surface area (Å²) >= 11 is 0. The van der Waals surface area contributed by atoms with Crippen LogP contribution >= 0.6 is 7.92 Å². The molecule has 5 nitrogen and oxygen atoms in total. The summed E-state index contributed by atoms with van der Waals surface area (Å²) in [6.45, 7) is 8.01. The van der Waals surface area contributed by atoms with Crippen LogP contribution in [-0.4, -0.2) is 46.3 Å². The van der Waals surface area contributed by atoms with Gasteiger partial charge in [0.05, 0.1) is 19.1 Å². The van der Waals surface area contributed by atoms with Gasteiger partial charge >= 0.3 is 0 Å². The molecule has 0 aromatic heterocycles. The molecular formula is C12H25N2O3P. The molecule has 0 rings (SSSR count). The first-order chi connectivity index (χ1) is 8.31. The molecule has 0 saturated carbocycles. The molecule has 106 valence electrons. The summed E-state index contributed by atoms with van der Waals surface area (Å²) in [5.74, 6) is 0. The van der Waals surface area contributed by atoms with Crippen LogP contribution in [-0.2, 0) is 4.74 Å². The van der Waals surface area contributed by atoms with Crippen LogP contribution in [0.15, 0.2) is 0 Å². The lowest BCUT2D eigenvalue weighted by Gasteiger charge is -2.43. The molecule has 0 bridgehead atoms. The van der Waals surface area contributed by atoms with Crippen molar-refractivity contribution >= 4 is 7.92 Å². The lowest BCUT2D eigenvalue weighted by Crippen LogP contribution is -2.49. The average molecular weight is 276 g/mol. The summed E-state index contributed by atoms with van der Waals surface area (Å²) in [7, 11) is -0.992. The van der Waals surface area contributed by atoms with E-state index in [0.717, 1.165) is 0 Å². The number of nitriles is 1. The van der Waals surface area contributed by atoms with Crippen molar-refractivity contribution in [1.29, 1.82) is 5.26 Å². The predicted octanol–water partition coefficient (Wildman–Crippen LogP) is 1.18. The second-order valence-corrected chi connectivity index (χ2v) is 8.28. The fourth-order valence-electron chi connectivity index (χ4n) is 2.08. The lowest BCUT2D eigenvalue weighted by molar-refractivity contribution is -0.192. The highest BCUT2D eigenvalue weighted by molar-refractivity contribution is 7.60. The van der Waals surface area contributed by atoms with Crippen molar-refractivity contribution in [2.75, 3.05) is 13.2 Å². The van der Waals surface area contributed by atoms with Gasteiger partial charge in [0.1, 0.15) is 6.10 Å². The summed E-state index contributed by atoms with van der Waals surface area (Å²) in [5.41, 5.74) is 4.20. The van der Waals surface area contributed by atoms with Crippen LogP contribution in [0.4, 0.5) is 0 Å². The summed E-state index contributed by atoms with van der Waals surface area (Å²) < 4.78 is 5.44. The van der Waals surface area contributed by atoms with Crippen molar-refractivity contribution < 1.29 is 14.9 Å². The maximum atomic E-state index is 10.7. The maximum absolute atomic E-state index is 10.7. The first-order valence-electron chi connectivity index (χ1n) is 6.21. The number of rotatable bonds is 8. The van der Waals surface area contributed by atoms with Crippen LogP contribution in [0.3, 0.4) is 0 Å². The highest BCUT2D eigenvalue weighted by Gasteiger charge is 2.46. The topological polar surface area (TPSA) is 99.5 Å². The molecule has 0 spiro atoms. The number of ether oxygens (including phenoxy) is 1. The smallest absolute Gasteiger partial charge is 0.212 e. The van der Waals surface area contributed by atoms with Gasteiger partial charge in [-0.3, -0.25) is 0 Å². The number of hydrogen-bond donors (Lipinski definition) is 3. The van der Waals surface area contributed by atoms with Gasteiger partial charge in [-0.2, -0.15) is 5.26 Å². The second kappa shape index (κ2) is 8.04. The zero-order chi connectivity index (χ0) is 14.3. The Labute approximate surface area is 111 Å². The van der Waals surface area contributed by atoms with Crippen molar-refractivity contribution in [3.63, 3.8) is 0 Å². The molecule has 0 aliphatic carbocycles. The second-order valence-electron chi connectivity index (χ2n) is 4.76. The Morgan fingerprint density at radius 3 is 2.17 bits per heavy atom. The van der Waals surface area contributed by atoms with Gasteiger partial charge in [-0.25, -0.2) is 0 Å². The largest absolute Gasteiger partial charge is 0.386 e. The Kier molecular flexibility index (Phi) is 7.93. The number of aliphatic hydroxyl groups excluding tert-OH is 1. The summed E-state index contributed by atoms with van der Waals surface area (Å²) in [6, 6.07) is 1.95. The Morgan fingerprint density at radius 2 is 1.83 bits per heavy atom. The first-order valence-corrected chi connectivity index (χ1v) is 7.69. The van der Waals surface area contributed by atoms with Crippen LogP contribution in [0.2, 0.25) is 0 Å². The van der Waals surface area contributed by atoms with Crippen molar-refractivity contribution in [2.45, 2.75) is 57.1 Å². The Morgan fingerprint density at radius 1 is 1.33 bits per heavy atom. The standard InChI is InChI=1S/C12H25N2O3P/c1-9(2)18(10(3)4)12(16,11(15)8-14)17-7-5-6-13/h9-11,15-16H,5,7-8,14H2,1-4H3/t11-,12-/m1/s1. The van der Waals surface area contributed by atoms with E-state index in [0.29, 0.717) is 0 Å². The predicted molar refractivity (Wildman–Crippen MR) is 73.4 cm³/mol. The quantitative estimate of drug-likeness (QED) is 0.351. The van der Waals surface area contributed by atoms with Gasteiger partial charge in [0.25, 0.3) is 0 Å². The van der Waals surface area contributed by atoms with E-state index in [-0.39, 0.29) is 30.9 Å². The number of hydrogen-bond acceptors (Lipinski definition) is 5. The third-order valence-corrected chi connectivity index (χ3v) is 6.06. The minimum absolute atomic E-state index is 0.0681. The Bertz CT molecular complexity index is 273. The third kappa shape index (κ3) is 4.46. The van der Waals surface area contributed by atoms with E-state index >= 15 is 0 Å². The van der Waals surface area contributed by atoms with Crippen molar-refractivity contribution in [1.82, 2.24) is 0 Å². The van der Waals surface area contributed by atoms with Crippen LogP contribution in [0.1, 0.15) is 34.1 Å². The van der Waals surface area contributed by atoms with E-state index in [4.69, 9.17) is 15.7 Å². The molecular weight excluding hydrogens is 251 g/mol. The van der Waals surface area contributed by atoms with Crippen LogP contribution in [0.5, 0.6) is 0 Å². The highest BCUT2D eigenvalue weighted by atomic mass is 31.1.